The van der Waals surface area contributed by atoms with Crippen LogP contribution in [0.25, 0.3) is 0 Å². The molecular weight excluding hydrogens is 234 g/mol. The summed E-state index contributed by atoms with van der Waals surface area (Å²) < 4.78 is 0. The first-order valence-electron chi connectivity index (χ1n) is 6.93. The molecule has 1 heterocycles. The van der Waals surface area contributed by atoms with Crippen molar-refractivity contribution < 1.29 is 0 Å². The van der Waals surface area contributed by atoms with E-state index in [1.807, 2.05) is 6.20 Å². The molecule has 0 aliphatic heterocycles. The van der Waals surface area contributed by atoms with E-state index in [4.69, 9.17) is 0 Å². The van der Waals surface area contributed by atoms with Crippen LogP contribution in [0.1, 0.15) is 36.5 Å². The molecule has 2 N–H and O–H groups in total. The van der Waals surface area contributed by atoms with Gasteiger partial charge in [-0.3, -0.25) is 0 Å². The van der Waals surface area contributed by atoms with E-state index in [1.165, 1.54) is 11.1 Å². The molecule has 0 fully saturated rings. The molecule has 2 rings (SSSR count). The van der Waals surface area contributed by atoms with Gasteiger partial charge >= 0.3 is 0 Å². The summed E-state index contributed by atoms with van der Waals surface area (Å²) in [5.74, 6) is 1.71. The molecule has 3 heteroatoms. The highest BCUT2D eigenvalue weighted by Crippen LogP contribution is 2.11. The molecule has 1 aromatic carbocycles. The number of hydrogen-bond donors (Lipinski definition) is 2. The van der Waals surface area contributed by atoms with Crippen LogP contribution in [0.5, 0.6) is 0 Å². The van der Waals surface area contributed by atoms with Crippen molar-refractivity contribution in [2.75, 3.05) is 6.54 Å². The molecule has 0 amide bonds. The molecule has 1 aromatic heterocycles. The van der Waals surface area contributed by atoms with E-state index in [0.29, 0.717) is 5.92 Å². The average molecular weight is 257 g/mol. The number of aromatic amines is 1. The van der Waals surface area contributed by atoms with Crippen LogP contribution in [0.3, 0.4) is 0 Å². The fraction of sp³-hybridized carbons (Fsp3) is 0.438. The molecule has 0 aliphatic rings. The van der Waals surface area contributed by atoms with Crippen molar-refractivity contribution >= 4 is 0 Å². The Bertz CT molecular complexity index is 514. The zero-order chi connectivity index (χ0) is 13.7. The van der Waals surface area contributed by atoms with E-state index in [0.717, 1.165) is 31.0 Å². The van der Waals surface area contributed by atoms with Crippen molar-refractivity contribution in [3.05, 3.63) is 53.1 Å². The quantitative estimate of drug-likeness (QED) is 0.835. The SMILES string of the molecule is Cc1ccccc1Cc1ncc(CNCC(C)C)[nH]1. The third-order valence-electron chi connectivity index (χ3n) is 3.17. The van der Waals surface area contributed by atoms with Crippen molar-refractivity contribution in [3.63, 3.8) is 0 Å². The topological polar surface area (TPSA) is 40.7 Å². The van der Waals surface area contributed by atoms with E-state index in [2.05, 4.69) is 60.3 Å². The Hall–Kier alpha value is -1.61. The van der Waals surface area contributed by atoms with Crippen LogP contribution >= 0.6 is 0 Å². The summed E-state index contributed by atoms with van der Waals surface area (Å²) in [5, 5.41) is 3.42. The molecule has 0 saturated heterocycles. The molecule has 0 radical (unpaired) electrons. The number of nitrogens with zero attached hydrogens (tertiary/aromatic N) is 1. The Morgan fingerprint density at radius 2 is 2.05 bits per heavy atom. The zero-order valence-electron chi connectivity index (χ0n) is 12.0. The second-order valence-electron chi connectivity index (χ2n) is 5.48. The van der Waals surface area contributed by atoms with Gasteiger partial charge in [0.15, 0.2) is 0 Å². The summed E-state index contributed by atoms with van der Waals surface area (Å²) in [5.41, 5.74) is 3.81. The lowest BCUT2D eigenvalue weighted by molar-refractivity contribution is 0.548. The Morgan fingerprint density at radius 1 is 1.26 bits per heavy atom. The molecule has 102 valence electrons. The molecule has 0 aliphatic carbocycles. The fourth-order valence-electron chi connectivity index (χ4n) is 2.07. The van der Waals surface area contributed by atoms with Crippen molar-refractivity contribution in [1.29, 1.82) is 0 Å². The van der Waals surface area contributed by atoms with Crippen LogP contribution in [0, 0.1) is 12.8 Å². The van der Waals surface area contributed by atoms with Gasteiger partial charge in [0.05, 0.1) is 0 Å². The van der Waals surface area contributed by atoms with Gasteiger partial charge in [-0.05, 0) is 30.5 Å². The lowest BCUT2D eigenvalue weighted by Gasteiger charge is -2.05. The number of imidazole rings is 1. The lowest BCUT2D eigenvalue weighted by atomic mass is 10.1. The maximum atomic E-state index is 4.45. The molecule has 0 saturated carbocycles. The Balaban J connectivity index is 1.92. The van der Waals surface area contributed by atoms with Crippen molar-refractivity contribution in [2.45, 2.75) is 33.7 Å². The Labute approximate surface area is 115 Å². The fourth-order valence-corrected chi connectivity index (χ4v) is 2.07. The standard InChI is InChI=1S/C16H23N3/c1-12(2)9-17-10-15-11-18-16(19-15)8-14-7-5-4-6-13(14)3/h4-7,11-12,17H,8-10H2,1-3H3,(H,18,19). The smallest absolute Gasteiger partial charge is 0.110 e. The molecule has 0 bridgehead atoms. The highest BCUT2D eigenvalue weighted by atomic mass is 15.0. The maximum absolute atomic E-state index is 4.45. The van der Waals surface area contributed by atoms with Crippen LogP contribution in [0.2, 0.25) is 0 Å². The van der Waals surface area contributed by atoms with Gasteiger partial charge in [0.1, 0.15) is 5.82 Å². The van der Waals surface area contributed by atoms with Crippen molar-refractivity contribution in [1.82, 2.24) is 15.3 Å². The van der Waals surface area contributed by atoms with Gasteiger partial charge in [0.2, 0.25) is 0 Å². The number of hydrogen-bond acceptors (Lipinski definition) is 2. The molecule has 0 atom stereocenters. The van der Waals surface area contributed by atoms with Gasteiger partial charge in [-0.15, -0.1) is 0 Å². The highest BCUT2D eigenvalue weighted by Gasteiger charge is 2.04. The van der Waals surface area contributed by atoms with E-state index in [-0.39, 0.29) is 0 Å². The second kappa shape index (κ2) is 6.53. The van der Waals surface area contributed by atoms with Gasteiger partial charge in [-0.1, -0.05) is 38.1 Å². The summed E-state index contributed by atoms with van der Waals surface area (Å²) in [4.78, 5) is 7.84. The van der Waals surface area contributed by atoms with Crippen LogP contribution in [0.15, 0.2) is 30.5 Å². The van der Waals surface area contributed by atoms with Crippen molar-refractivity contribution in [3.8, 4) is 0 Å². The first-order valence-corrected chi connectivity index (χ1v) is 6.93. The number of rotatable bonds is 6. The number of nitrogens with one attached hydrogen (secondary N) is 2. The number of aromatic nitrogens is 2. The first kappa shape index (κ1) is 13.8. The largest absolute Gasteiger partial charge is 0.345 e. The molecular formula is C16H23N3. The summed E-state index contributed by atoms with van der Waals surface area (Å²) in [7, 11) is 0. The summed E-state index contributed by atoms with van der Waals surface area (Å²) in [6.45, 7) is 8.46. The molecule has 19 heavy (non-hydrogen) atoms. The summed E-state index contributed by atoms with van der Waals surface area (Å²) in [6, 6.07) is 8.45. The normalized spacial score (nSPS) is 11.2. The maximum Gasteiger partial charge on any atom is 0.110 e. The van der Waals surface area contributed by atoms with E-state index >= 15 is 0 Å². The third-order valence-corrected chi connectivity index (χ3v) is 3.17. The lowest BCUT2D eigenvalue weighted by Crippen LogP contribution is -2.19. The molecule has 0 unspecified atom stereocenters. The first-order chi connectivity index (χ1) is 9.15. The van der Waals surface area contributed by atoms with Gasteiger partial charge in [-0.25, -0.2) is 4.98 Å². The summed E-state index contributed by atoms with van der Waals surface area (Å²) >= 11 is 0. The van der Waals surface area contributed by atoms with E-state index in [1.54, 1.807) is 0 Å². The van der Waals surface area contributed by atoms with E-state index < -0.39 is 0 Å². The number of benzene rings is 1. The minimum absolute atomic E-state index is 0.675. The minimum atomic E-state index is 0.675. The van der Waals surface area contributed by atoms with Crippen LogP contribution in [-0.4, -0.2) is 16.5 Å². The number of H-pyrrole nitrogens is 1. The van der Waals surface area contributed by atoms with E-state index in [9.17, 15) is 0 Å². The average Bonchev–Trinajstić information content (AvgIpc) is 2.79. The van der Waals surface area contributed by atoms with Gasteiger partial charge < -0.3 is 10.3 Å². The number of aryl methyl sites for hydroxylation is 1. The summed E-state index contributed by atoms with van der Waals surface area (Å²) in [6.07, 6.45) is 2.80. The monoisotopic (exact) mass is 257 g/mol. The van der Waals surface area contributed by atoms with Crippen LogP contribution < -0.4 is 5.32 Å². The van der Waals surface area contributed by atoms with Gasteiger partial charge in [-0.2, -0.15) is 0 Å². The van der Waals surface area contributed by atoms with Gasteiger partial charge in [0, 0.05) is 24.9 Å². The van der Waals surface area contributed by atoms with Gasteiger partial charge in [0.25, 0.3) is 0 Å². The second-order valence-corrected chi connectivity index (χ2v) is 5.48. The van der Waals surface area contributed by atoms with Crippen LogP contribution in [0.4, 0.5) is 0 Å². The van der Waals surface area contributed by atoms with Crippen LogP contribution in [-0.2, 0) is 13.0 Å². The Morgan fingerprint density at radius 3 is 2.79 bits per heavy atom. The predicted molar refractivity (Wildman–Crippen MR) is 79.1 cm³/mol. The highest BCUT2D eigenvalue weighted by molar-refractivity contribution is 5.28. The third kappa shape index (κ3) is 4.21. The Kier molecular flexibility index (Phi) is 4.74. The molecule has 0 spiro atoms. The molecule has 2 aromatic rings. The van der Waals surface area contributed by atoms with Crippen molar-refractivity contribution in [2.24, 2.45) is 5.92 Å². The molecule has 3 nitrogen and oxygen atoms in total. The predicted octanol–water partition coefficient (Wildman–Crippen LogP) is 3.05. The zero-order valence-corrected chi connectivity index (χ0v) is 12.0. The minimum Gasteiger partial charge on any atom is -0.345 e.